The third-order valence-electron chi connectivity index (χ3n) is 3.79. The van der Waals surface area contributed by atoms with E-state index in [2.05, 4.69) is 4.98 Å². The molecule has 1 saturated heterocycles. The zero-order valence-electron chi connectivity index (χ0n) is 11.4. The molecule has 1 aromatic carbocycles. The van der Waals surface area contributed by atoms with E-state index < -0.39 is 24.1 Å². The van der Waals surface area contributed by atoms with Crippen molar-refractivity contribution >= 4 is 34.4 Å². The minimum atomic E-state index is -2.39. The fraction of sp³-hybridized carbons (Fsp3) is 0.267. The van der Waals surface area contributed by atoms with Gasteiger partial charge in [0.25, 0.3) is 5.91 Å². The average Bonchev–Trinajstić information content (AvgIpc) is 2.89. The molecule has 0 bridgehead atoms. The van der Waals surface area contributed by atoms with E-state index in [1.54, 1.807) is 24.4 Å². The van der Waals surface area contributed by atoms with E-state index >= 15 is 0 Å². The largest absolute Gasteiger partial charge is 0.479 e. The number of rotatable bonds is 2. The van der Waals surface area contributed by atoms with Gasteiger partial charge in [-0.3, -0.25) is 9.78 Å². The number of hydrogen-bond acceptors (Lipinski definition) is 3. The number of likely N-dealkylation sites (tertiary alicyclic amines) is 1. The molecule has 1 unspecified atom stereocenters. The number of amides is 1. The number of nitrogens with zero attached hydrogens (tertiary/aromatic N) is 2. The minimum absolute atomic E-state index is 0.0441. The highest BCUT2D eigenvalue weighted by Gasteiger charge is 2.47. The van der Waals surface area contributed by atoms with E-state index in [9.17, 15) is 14.0 Å². The summed E-state index contributed by atoms with van der Waals surface area (Å²) in [6.45, 7) is -0.426. The van der Waals surface area contributed by atoms with Crippen LogP contribution in [0.15, 0.2) is 30.5 Å². The number of fused-ring (bicyclic) bond motifs is 1. The first-order valence-corrected chi connectivity index (χ1v) is 7.04. The Labute approximate surface area is 130 Å². The number of benzene rings is 1. The molecule has 5 nitrogen and oxygen atoms in total. The molecule has 0 spiro atoms. The summed E-state index contributed by atoms with van der Waals surface area (Å²) in [5.74, 6) is -2.01. The topological polar surface area (TPSA) is 70.5 Å². The summed E-state index contributed by atoms with van der Waals surface area (Å²) in [5, 5.41) is 9.98. The molecule has 1 atom stereocenters. The molecule has 3 rings (SSSR count). The molecule has 1 aromatic heterocycles. The first kappa shape index (κ1) is 14.7. The van der Waals surface area contributed by atoms with Gasteiger partial charge in [0.2, 0.25) is 5.67 Å². The van der Waals surface area contributed by atoms with Gasteiger partial charge >= 0.3 is 5.97 Å². The summed E-state index contributed by atoms with van der Waals surface area (Å²) in [4.78, 5) is 28.9. The zero-order chi connectivity index (χ0) is 15.9. The number of aliphatic carboxylic acids is 1. The van der Waals surface area contributed by atoms with Crippen molar-refractivity contribution in [3.05, 3.63) is 41.0 Å². The fourth-order valence-corrected chi connectivity index (χ4v) is 2.84. The normalized spacial score (nSPS) is 21.3. The van der Waals surface area contributed by atoms with E-state index in [1.807, 2.05) is 0 Å². The molecule has 1 fully saturated rings. The Morgan fingerprint density at radius 2 is 2.18 bits per heavy atom. The second-order valence-electron chi connectivity index (χ2n) is 5.28. The molecule has 1 N–H and O–H groups in total. The van der Waals surface area contributed by atoms with Crippen LogP contribution in [0.2, 0.25) is 5.02 Å². The van der Waals surface area contributed by atoms with Gasteiger partial charge in [0.1, 0.15) is 0 Å². The highest BCUT2D eigenvalue weighted by Crippen LogP contribution is 2.29. The third kappa shape index (κ3) is 2.39. The Bertz CT molecular complexity index is 782. The maximum atomic E-state index is 14.1. The third-order valence-corrected chi connectivity index (χ3v) is 4.01. The number of pyridine rings is 1. The first-order chi connectivity index (χ1) is 10.4. The first-order valence-electron chi connectivity index (χ1n) is 6.66. The van der Waals surface area contributed by atoms with E-state index in [0.29, 0.717) is 15.9 Å². The predicted octanol–water partition coefficient (Wildman–Crippen LogP) is 2.53. The molecule has 114 valence electrons. The van der Waals surface area contributed by atoms with Crippen molar-refractivity contribution in [3.8, 4) is 0 Å². The van der Waals surface area contributed by atoms with E-state index in [0.717, 1.165) is 0 Å². The quantitative estimate of drug-likeness (QED) is 0.922. The van der Waals surface area contributed by atoms with Crippen LogP contribution in [0.5, 0.6) is 0 Å². The van der Waals surface area contributed by atoms with Gasteiger partial charge in [-0.1, -0.05) is 17.7 Å². The smallest absolute Gasteiger partial charge is 0.343 e. The van der Waals surface area contributed by atoms with Crippen LogP contribution in [0.1, 0.15) is 16.8 Å². The van der Waals surface area contributed by atoms with Crippen molar-refractivity contribution in [3.63, 3.8) is 0 Å². The number of hydrogen-bond donors (Lipinski definition) is 1. The number of carbonyl (C=O) groups is 2. The van der Waals surface area contributed by atoms with Crippen LogP contribution in [0.3, 0.4) is 0 Å². The summed E-state index contributed by atoms with van der Waals surface area (Å²) in [7, 11) is 0. The van der Waals surface area contributed by atoms with Crippen LogP contribution in [0, 0.1) is 0 Å². The number of carboxylic acid groups (broad SMARTS) is 1. The SMILES string of the molecule is O=C(c1cc(Cl)cc2cccnc12)N1CCC(F)(C(=O)O)C1. The maximum absolute atomic E-state index is 14.1. The fourth-order valence-electron chi connectivity index (χ4n) is 2.61. The van der Waals surface area contributed by atoms with Gasteiger partial charge in [-0.05, 0) is 18.2 Å². The molecular formula is C15H12ClFN2O3. The summed E-state index contributed by atoms with van der Waals surface area (Å²) in [5.41, 5.74) is -1.68. The maximum Gasteiger partial charge on any atom is 0.343 e. The molecule has 0 radical (unpaired) electrons. The Balaban J connectivity index is 1.99. The molecule has 0 aliphatic carbocycles. The molecule has 1 aliphatic heterocycles. The molecule has 2 heterocycles. The van der Waals surface area contributed by atoms with Gasteiger partial charge in [-0.25, -0.2) is 9.18 Å². The van der Waals surface area contributed by atoms with Crippen molar-refractivity contribution in [2.75, 3.05) is 13.1 Å². The summed E-state index contributed by atoms with van der Waals surface area (Å²) in [6.07, 6.45) is 1.33. The Morgan fingerprint density at radius 3 is 2.86 bits per heavy atom. The molecule has 7 heteroatoms. The lowest BCUT2D eigenvalue weighted by Crippen LogP contribution is -2.39. The lowest BCUT2D eigenvalue weighted by atomic mass is 10.1. The second-order valence-corrected chi connectivity index (χ2v) is 5.71. The van der Waals surface area contributed by atoms with Crippen molar-refractivity contribution in [1.29, 1.82) is 0 Å². The Hall–Kier alpha value is -2.21. The standard InChI is InChI=1S/C15H12ClFN2O3/c16-10-6-9-2-1-4-18-12(9)11(7-10)13(20)19-5-3-15(17,8-19)14(21)22/h1-2,4,6-7H,3,5,8H2,(H,21,22). The van der Waals surface area contributed by atoms with Crippen LogP contribution in [-0.2, 0) is 4.79 Å². The summed E-state index contributed by atoms with van der Waals surface area (Å²) in [6, 6.07) is 6.64. The van der Waals surface area contributed by atoms with Crippen molar-refractivity contribution in [1.82, 2.24) is 9.88 Å². The van der Waals surface area contributed by atoms with E-state index in [4.69, 9.17) is 16.7 Å². The van der Waals surface area contributed by atoms with Crippen molar-refractivity contribution < 1.29 is 19.1 Å². The molecule has 1 amide bonds. The van der Waals surface area contributed by atoms with Crippen LogP contribution in [-0.4, -0.2) is 45.6 Å². The van der Waals surface area contributed by atoms with E-state index in [-0.39, 0.29) is 18.5 Å². The van der Waals surface area contributed by atoms with Crippen LogP contribution in [0.4, 0.5) is 4.39 Å². The molecule has 1 aliphatic rings. The van der Waals surface area contributed by atoms with Gasteiger partial charge in [0.05, 0.1) is 17.6 Å². The number of carboxylic acids is 1. The monoisotopic (exact) mass is 322 g/mol. The average molecular weight is 323 g/mol. The van der Waals surface area contributed by atoms with Gasteiger partial charge < -0.3 is 10.0 Å². The van der Waals surface area contributed by atoms with Gasteiger partial charge in [-0.2, -0.15) is 0 Å². The predicted molar refractivity (Wildman–Crippen MR) is 78.7 cm³/mol. The molecule has 22 heavy (non-hydrogen) atoms. The summed E-state index contributed by atoms with van der Waals surface area (Å²) < 4.78 is 14.1. The van der Waals surface area contributed by atoms with Gasteiger partial charge in [-0.15, -0.1) is 0 Å². The lowest BCUT2D eigenvalue weighted by Gasteiger charge is -2.18. The number of halogens is 2. The highest BCUT2D eigenvalue weighted by molar-refractivity contribution is 6.32. The number of aromatic nitrogens is 1. The molecular weight excluding hydrogens is 311 g/mol. The Morgan fingerprint density at radius 1 is 1.41 bits per heavy atom. The summed E-state index contributed by atoms with van der Waals surface area (Å²) >= 11 is 6.01. The lowest BCUT2D eigenvalue weighted by molar-refractivity contribution is -0.149. The second kappa shape index (κ2) is 5.21. The van der Waals surface area contributed by atoms with Gasteiger partial charge in [0, 0.05) is 29.6 Å². The van der Waals surface area contributed by atoms with Gasteiger partial charge in [0.15, 0.2) is 0 Å². The number of alkyl halides is 1. The van der Waals surface area contributed by atoms with Crippen molar-refractivity contribution in [2.24, 2.45) is 0 Å². The zero-order valence-corrected chi connectivity index (χ0v) is 12.2. The van der Waals surface area contributed by atoms with Crippen LogP contribution in [0.25, 0.3) is 10.9 Å². The highest BCUT2D eigenvalue weighted by atomic mass is 35.5. The number of carbonyl (C=O) groups excluding carboxylic acids is 1. The van der Waals surface area contributed by atoms with Crippen molar-refractivity contribution in [2.45, 2.75) is 12.1 Å². The van der Waals surface area contributed by atoms with Crippen LogP contribution < -0.4 is 0 Å². The van der Waals surface area contributed by atoms with E-state index in [1.165, 1.54) is 11.0 Å². The Kier molecular flexibility index (Phi) is 3.48. The van der Waals surface area contributed by atoms with Crippen LogP contribution >= 0.6 is 11.6 Å². The minimum Gasteiger partial charge on any atom is -0.479 e. The molecule has 2 aromatic rings. The molecule has 0 saturated carbocycles.